The first-order valence-electron chi connectivity index (χ1n) is 16.0. The highest BCUT2D eigenvalue weighted by molar-refractivity contribution is 6.04. The van der Waals surface area contributed by atoms with Crippen LogP contribution in [0.5, 0.6) is 0 Å². The lowest BCUT2D eigenvalue weighted by atomic mass is 9.81. The van der Waals surface area contributed by atoms with E-state index in [1.807, 2.05) is 68.8 Å². The molecule has 8 nitrogen and oxygen atoms in total. The number of nitrogens with zero attached hydrogens (tertiary/aromatic N) is 3. The maximum Gasteiger partial charge on any atom is 0.233 e. The molecular formula is C37H43FN4O4. The summed E-state index contributed by atoms with van der Waals surface area (Å²) in [7, 11) is 1.88. The van der Waals surface area contributed by atoms with Gasteiger partial charge in [0.05, 0.1) is 29.5 Å². The number of aromatic nitrogens is 2. The lowest BCUT2D eigenvalue weighted by molar-refractivity contribution is -0.182. The number of imidazole rings is 1. The summed E-state index contributed by atoms with van der Waals surface area (Å²) in [4.78, 5) is 50.7. The molecule has 3 aromatic carbocycles. The molecule has 2 amide bonds. The van der Waals surface area contributed by atoms with Crippen molar-refractivity contribution >= 4 is 29.1 Å². The van der Waals surface area contributed by atoms with E-state index in [1.54, 1.807) is 24.3 Å². The lowest BCUT2D eigenvalue weighted by Crippen LogP contribution is -2.52. The molecule has 0 radical (unpaired) electrons. The summed E-state index contributed by atoms with van der Waals surface area (Å²) >= 11 is 0. The minimum atomic E-state index is -0.821. The molecule has 242 valence electrons. The molecule has 1 saturated carbocycles. The first-order chi connectivity index (χ1) is 22.0. The van der Waals surface area contributed by atoms with Gasteiger partial charge in [-0.25, -0.2) is 14.4 Å². The van der Waals surface area contributed by atoms with Gasteiger partial charge in [-0.2, -0.15) is 0 Å². The summed E-state index contributed by atoms with van der Waals surface area (Å²) in [6.07, 6.45) is 5.57. The fraction of sp³-hybridized carbons (Fsp3) is 0.405. The van der Waals surface area contributed by atoms with Crippen LogP contribution in [0.25, 0.3) is 22.4 Å². The highest BCUT2D eigenvalue weighted by atomic mass is 19.1. The average molecular weight is 627 g/mol. The van der Waals surface area contributed by atoms with Crippen molar-refractivity contribution in [2.45, 2.75) is 65.5 Å². The Labute approximate surface area is 269 Å². The van der Waals surface area contributed by atoms with Crippen LogP contribution >= 0.6 is 0 Å². The van der Waals surface area contributed by atoms with Gasteiger partial charge in [-0.1, -0.05) is 76.8 Å². The normalized spacial score (nSPS) is 15.1. The Bertz CT molecular complexity index is 1660. The number of halogens is 1. The second-order valence-corrected chi connectivity index (χ2v) is 13.4. The number of hydroxylamine groups is 2. The molecule has 0 bridgehead atoms. The van der Waals surface area contributed by atoms with Gasteiger partial charge >= 0.3 is 0 Å². The summed E-state index contributed by atoms with van der Waals surface area (Å²) in [6.45, 7) is 6.08. The largest absolute Gasteiger partial charge is 0.345 e. The van der Waals surface area contributed by atoms with Crippen molar-refractivity contribution in [2.75, 3.05) is 6.54 Å². The van der Waals surface area contributed by atoms with Crippen molar-refractivity contribution in [3.05, 3.63) is 89.7 Å². The van der Waals surface area contributed by atoms with Crippen molar-refractivity contribution < 1.29 is 23.6 Å². The van der Waals surface area contributed by atoms with Crippen LogP contribution in [0, 0.1) is 23.1 Å². The number of hydrogen-bond donors (Lipinski definition) is 1. The lowest BCUT2D eigenvalue weighted by Gasteiger charge is -2.33. The van der Waals surface area contributed by atoms with Gasteiger partial charge in [-0.15, -0.1) is 0 Å². The molecule has 1 aromatic heterocycles. The van der Waals surface area contributed by atoms with E-state index in [9.17, 15) is 18.8 Å². The van der Waals surface area contributed by atoms with Crippen molar-refractivity contribution in [2.24, 2.45) is 24.3 Å². The Kier molecular flexibility index (Phi) is 10.3. The van der Waals surface area contributed by atoms with E-state index >= 15 is 0 Å². The van der Waals surface area contributed by atoms with E-state index in [0.29, 0.717) is 35.7 Å². The van der Waals surface area contributed by atoms with Crippen LogP contribution in [0.1, 0.15) is 68.8 Å². The molecule has 1 fully saturated rings. The maximum atomic E-state index is 14.1. The van der Waals surface area contributed by atoms with Gasteiger partial charge in [0.1, 0.15) is 18.2 Å². The number of ketones is 1. The van der Waals surface area contributed by atoms with Crippen molar-refractivity contribution in [1.82, 2.24) is 19.9 Å². The number of amides is 2. The Morgan fingerprint density at radius 2 is 1.76 bits per heavy atom. The summed E-state index contributed by atoms with van der Waals surface area (Å²) in [5, 5.41) is 4.28. The van der Waals surface area contributed by atoms with E-state index < -0.39 is 17.4 Å². The van der Waals surface area contributed by atoms with Crippen LogP contribution in [0.2, 0.25) is 0 Å². The van der Waals surface area contributed by atoms with E-state index in [2.05, 4.69) is 5.32 Å². The zero-order valence-electron chi connectivity index (χ0n) is 27.0. The molecule has 9 heteroatoms. The number of carbonyl (C=O) groups excluding carboxylic acids is 3. The summed E-state index contributed by atoms with van der Waals surface area (Å²) in [5.41, 5.74) is 2.97. The van der Waals surface area contributed by atoms with Gasteiger partial charge in [0.15, 0.2) is 5.78 Å². The fourth-order valence-electron chi connectivity index (χ4n) is 6.30. The SMILES string of the molecule is Cn1c(-c2ccc(F)cc2)nc2cc(C(=O)[C@@H](NC(=O)[C@H](CC3CCCC3)CN(C=O)OCc3ccccc3)C(C)(C)C)ccc21. The summed E-state index contributed by atoms with van der Waals surface area (Å²) in [5.74, 6) is -0.321. The number of hydrogen-bond acceptors (Lipinski definition) is 5. The van der Waals surface area contributed by atoms with Gasteiger partial charge in [0.25, 0.3) is 0 Å². The third-order valence-corrected chi connectivity index (χ3v) is 8.90. The topological polar surface area (TPSA) is 93.5 Å². The second kappa shape index (κ2) is 14.4. The monoisotopic (exact) mass is 626 g/mol. The molecule has 4 aromatic rings. The Hall–Kier alpha value is -4.37. The number of fused-ring (bicyclic) bond motifs is 1. The first kappa shape index (κ1) is 33.0. The Balaban J connectivity index is 1.36. The Morgan fingerprint density at radius 1 is 1.07 bits per heavy atom. The van der Waals surface area contributed by atoms with Crippen LogP contribution < -0.4 is 5.32 Å². The molecular weight excluding hydrogens is 583 g/mol. The minimum Gasteiger partial charge on any atom is -0.345 e. The van der Waals surface area contributed by atoms with Crippen LogP contribution in [0.15, 0.2) is 72.8 Å². The molecule has 1 aliphatic carbocycles. The van der Waals surface area contributed by atoms with Crippen molar-refractivity contribution in [1.29, 1.82) is 0 Å². The Morgan fingerprint density at radius 3 is 2.41 bits per heavy atom. The molecule has 1 N–H and O–H groups in total. The zero-order valence-corrected chi connectivity index (χ0v) is 27.0. The number of nitrogens with one attached hydrogen (secondary N) is 1. The standard InChI is InChI=1S/C37H43FN4O4/c1-37(2,3)34(33(44)28-16-19-32-31(21-28)39-35(41(32)4)27-14-17-30(38)18-15-27)40-36(45)29(20-25-10-8-9-11-25)22-42(24-43)46-23-26-12-6-5-7-13-26/h5-7,12-19,21,24-25,29,34H,8-11,20,22-23H2,1-4H3,(H,40,45)/t29-,34-/m1/s1. The van der Waals surface area contributed by atoms with Crippen LogP contribution in [0.3, 0.4) is 0 Å². The molecule has 0 saturated heterocycles. The number of rotatable bonds is 13. The molecule has 0 aliphatic heterocycles. The van der Waals surface area contributed by atoms with Crippen LogP contribution in [-0.2, 0) is 28.1 Å². The number of Topliss-reactive ketones (excluding diaryl/α,β-unsaturated/α-hetero) is 1. The van der Waals surface area contributed by atoms with Gasteiger partial charge in [0.2, 0.25) is 12.3 Å². The fourth-order valence-corrected chi connectivity index (χ4v) is 6.30. The quantitative estimate of drug-likeness (QED) is 0.0992. The molecule has 2 atom stereocenters. The van der Waals surface area contributed by atoms with E-state index in [0.717, 1.165) is 42.3 Å². The molecule has 1 aliphatic rings. The third kappa shape index (κ3) is 7.88. The predicted molar refractivity (Wildman–Crippen MR) is 176 cm³/mol. The highest BCUT2D eigenvalue weighted by Gasteiger charge is 2.36. The van der Waals surface area contributed by atoms with Crippen molar-refractivity contribution in [3.8, 4) is 11.4 Å². The zero-order chi connectivity index (χ0) is 32.8. The number of carbonyl (C=O) groups is 3. The van der Waals surface area contributed by atoms with Crippen LogP contribution in [-0.4, -0.2) is 45.3 Å². The molecule has 46 heavy (non-hydrogen) atoms. The van der Waals surface area contributed by atoms with Gasteiger partial charge in [-0.05, 0) is 65.8 Å². The minimum absolute atomic E-state index is 0.0930. The summed E-state index contributed by atoms with van der Waals surface area (Å²) < 4.78 is 15.4. The number of benzene rings is 3. The second-order valence-electron chi connectivity index (χ2n) is 13.4. The van der Waals surface area contributed by atoms with Crippen molar-refractivity contribution in [3.63, 3.8) is 0 Å². The van der Waals surface area contributed by atoms with Gasteiger partial charge in [-0.3, -0.25) is 19.2 Å². The number of aryl methyl sites for hydroxylation is 1. The smallest absolute Gasteiger partial charge is 0.233 e. The van der Waals surface area contributed by atoms with Crippen LogP contribution in [0.4, 0.5) is 4.39 Å². The van der Waals surface area contributed by atoms with Gasteiger partial charge < -0.3 is 9.88 Å². The average Bonchev–Trinajstić information content (AvgIpc) is 3.68. The van der Waals surface area contributed by atoms with Gasteiger partial charge in [0, 0.05) is 18.2 Å². The predicted octanol–water partition coefficient (Wildman–Crippen LogP) is 6.88. The molecule has 0 spiro atoms. The van der Waals surface area contributed by atoms with E-state index in [4.69, 9.17) is 9.82 Å². The first-order valence-corrected chi connectivity index (χ1v) is 16.0. The summed E-state index contributed by atoms with van der Waals surface area (Å²) in [6, 6.07) is 20.2. The third-order valence-electron chi connectivity index (χ3n) is 8.90. The van der Waals surface area contributed by atoms with E-state index in [-0.39, 0.29) is 30.7 Å². The highest BCUT2D eigenvalue weighted by Crippen LogP contribution is 2.32. The maximum absolute atomic E-state index is 14.1. The molecule has 1 heterocycles. The van der Waals surface area contributed by atoms with E-state index in [1.165, 1.54) is 17.2 Å². The molecule has 5 rings (SSSR count). The molecule has 0 unspecified atom stereocenters.